The van der Waals surface area contributed by atoms with Gasteiger partial charge in [-0.05, 0) is 72.2 Å². The van der Waals surface area contributed by atoms with Crippen LogP contribution in [0, 0.1) is 6.92 Å². The third-order valence-electron chi connectivity index (χ3n) is 6.53. The number of urea groups is 1. The molecule has 0 spiro atoms. The molecular formula is C29H31N3O4. The van der Waals surface area contributed by atoms with Crippen molar-refractivity contribution in [3.05, 3.63) is 89.0 Å². The van der Waals surface area contributed by atoms with Crippen LogP contribution in [-0.2, 0) is 22.4 Å². The molecule has 1 atom stereocenters. The minimum absolute atomic E-state index is 0.0142. The molecule has 0 aliphatic carbocycles. The lowest BCUT2D eigenvalue weighted by atomic mass is 9.92. The Morgan fingerprint density at radius 2 is 1.75 bits per heavy atom. The summed E-state index contributed by atoms with van der Waals surface area (Å²) in [5, 5.41) is 14.7. The highest BCUT2D eigenvalue weighted by Crippen LogP contribution is 2.31. The van der Waals surface area contributed by atoms with Crippen LogP contribution in [0.2, 0.25) is 0 Å². The number of amides is 3. The Kier molecular flexibility index (Phi) is 7.68. The molecule has 1 aliphatic heterocycles. The Bertz CT molecular complexity index is 1270. The summed E-state index contributed by atoms with van der Waals surface area (Å²) in [7, 11) is 0. The normalized spacial score (nSPS) is 13.4. The number of para-hydroxylation sites is 1. The number of fused-ring (bicyclic) bond motifs is 1. The molecule has 0 unspecified atom stereocenters. The van der Waals surface area contributed by atoms with Gasteiger partial charge in [-0.3, -0.25) is 9.59 Å². The van der Waals surface area contributed by atoms with Crippen molar-refractivity contribution < 1.29 is 19.5 Å². The molecule has 7 nitrogen and oxygen atoms in total. The number of aliphatic carboxylic acids is 1. The number of hydrogen-bond acceptors (Lipinski definition) is 3. The van der Waals surface area contributed by atoms with E-state index in [-0.39, 0.29) is 30.7 Å². The molecule has 4 rings (SSSR count). The van der Waals surface area contributed by atoms with E-state index in [0.29, 0.717) is 12.2 Å². The molecule has 1 aliphatic rings. The number of hydrogen-bond donors (Lipinski definition) is 3. The molecule has 0 bridgehead atoms. The van der Waals surface area contributed by atoms with Crippen molar-refractivity contribution in [2.45, 2.75) is 45.4 Å². The fourth-order valence-corrected chi connectivity index (χ4v) is 4.54. The zero-order chi connectivity index (χ0) is 25.7. The lowest BCUT2D eigenvalue weighted by Crippen LogP contribution is -2.36. The number of nitrogens with zero attached hydrogens (tertiary/aromatic N) is 1. The van der Waals surface area contributed by atoms with Crippen LogP contribution in [-0.4, -0.2) is 29.6 Å². The lowest BCUT2D eigenvalue weighted by Gasteiger charge is -2.30. The van der Waals surface area contributed by atoms with E-state index in [1.54, 1.807) is 12.1 Å². The summed E-state index contributed by atoms with van der Waals surface area (Å²) in [6.45, 7) is 4.50. The summed E-state index contributed by atoms with van der Waals surface area (Å²) in [5.41, 5.74) is 6.22. The molecular weight excluding hydrogens is 454 g/mol. The monoisotopic (exact) mass is 485 g/mol. The zero-order valence-corrected chi connectivity index (χ0v) is 20.6. The van der Waals surface area contributed by atoms with Gasteiger partial charge in [-0.25, -0.2) is 4.79 Å². The number of aryl methyl sites for hydroxylation is 2. The molecule has 1 heterocycles. The Hall–Kier alpha value is -4.13. The first kappa shape index (κ1) is 25.0. The molecule has 3 aromatic carbocycles. The van der Waals surface area contributed by atoms with Gasteiger partial charge in [-0.15, -0.1) is 0 Å². The number of anilines is 3. The van der Waals surface area contributed by atoms with Gasteiger partial charge in [0.05, 0.1) is 12.8 Å². The smallest absolute Gasteiger partial charge is 0.323 e. The van der Waals surface area contributed by atoms with Crippen LogP contribution in [0.5, 0.6) is 0 Å². The molecule has 0 saturated heterocycles. The highest BCUT2D eigenvalue weighted by atomic mass is 16.4. The van der Waals surface area contributed by atoms with Crippen LogP contribution < -0.4 is 15.5 Å². The van der Waals surface area contributed by atoms with E-state index < -0.39 is 5.97 Å². The average Bonchev–Trinajstić information content (AvgIpc) is 2.85. The van der Waals surface area contributed by atoms with E-state index in [2.05, 4.69) is 10.6 Å². The van der Waals surface area contributed by atoms with Crippen molar-refractivity contribution >= 4 is 35.0 Å². The summed E-state index contributed by atoms with van der Waals surface area (Å²) in [5.74, 6) is -0.879. The second-order valence-electron chi connectivity index (χ2n) is 9.30. The summed E-state index contributed by atoms with van der Waals surface area (Å²) in [4.78, 5) is 38.4. The second kappa shape index (κ2) is 11.1. The summed E-state index contributed by atoms with van der Waals surface area (Å²) in [6.07, 6.45) is 2.08. The van der Waals surface area contributed by atoms with Crippen molar-refractivity contribution in [3.8, 4) is 0 Å². The van der Waals surface area contributed by atoms with Crippen LogP contribution in [0.3, 0.4) is 0 Å². The highest BCUT2D eigenvalue weighted by Gasteiger charge is 2.24. The van der Waals surface area contributed by atoms with Crippen LogP contribution in [0.4, 0.5) is 21.9 Å². The van der Waals surface area contributed by atoms with Crippen molar-refractivity contribution in [1.82, 2.24) is 0 Å². The Balaban J connectivity index is 1.38. The van der Waals surface area contributed by atoms with Gasteiger partial charge in [0.2, 0.25) is 5.91 Å². The van der Waals surface area contributed by atoms with Gasteiger partial charge in [-0.2, -0.15) is 0 Å². The average molecular weight is 486 g/mol. The van der Waals surface area contributed by atoms with Crippen molar-refractivity contribution in [3.63, 3.8) is 0 Å². The third kappa shape index (κ3) is 6.10. The zero-order valence-electron chi connectivity index (χ0n) is 20.6. The van der Waals surface area contributed by atoms with Gasteiger partial charge >= 0.3 is 12.0 Å². The molecule has 186 valence electrons. The van der Waals surface area contributed by atoms with Crippen LogP contribution in [0.25, 0.3) is 0 Å². The van der Waals surface area contributed by atoms with E-state index in [9.17, 15) is 14.4 Å². The molecule has 0 aromatic heterocycles. The van der Waals surface area contributed by atoms with Crippen molar-refractivity contribution in [1.29, 1.82) is 0 Å². The van der Waals surface area contributed by atoms with Gasteiger partial charge in [0.15, 0.2) is 0 Å². The number of carboxylic acid groups (broad SMARTS) is 1. The van der Waals surface area contributed by atoms with Gasteiger partial charge in [-0.1, -0.05) is 49.4 Å². The first-order valence-electron chi connectivity index (χ1n) is 12.2. The first-order valence-corrected chi connectivity index (χ1v) is 12.2. The first-order chi connectivity index (χ1) is 17.3. The lowest BCUT2D eigenvalue weighted by molar-refractivity contribution is -0.137. The quantitative estimate of drug-likeness (QED) is 0.397. The van der Waals surface area contributed by atoms with E-state index in [1.807, 2.05) is 73.3 Å². The van der Waals surface area contributed by atoms with Crippen molar-refractivity contribution in [2.75, 3.05) is 22.1 Å². The molecule has 3 amide bonds. The molecule has 0 radical (unpaired) electrons. The third-order valence-corrected chi connectivity index (χ3v) is 6.53. The van der Waals surface area contributed by atoms with Crippen molar-refractivity contribution in [2.24, 2.45) is 0 Å². The second-order valence-corrected chi connectivity index (χ2v) is 9.30. The topological polar surface area (TPSA) is 98.7 Å². The van der Waals surface area contributed by atoms with E-state index in [4.69, 9.17) is 5.11 Å². The van der Waals surface area contributed by atoms with Crippen LogP contribution in [0.1, 0.15) is 47.9 Å². The molecule has 0 saturated carbocycles. The van der Waals surface area contributed by atoms with Gasteiger partial charge < -0.3 is 20.6 Å². The highest BCUT2D eigenvalue weighted by molar-refractivity contribution is 6.00. The fourth-order valence-electron chi connectivity index (χ4n) is 4.54. The predicted molar refractivity (Wildman–Crippen MR) is 142 cm³/mol. The minimum Gasteiger partial charge on any atom is -0.481 e. The van der Waals surface area contributed by atoms with Crippen LogP contribution in [0.15, 0.2) is 66.7 Å². The largest absolute Gasteiger partial charge is 0.481 e. The molecule has 0 fully saturated rings. The van der Waals surface area contributed by atoms with Crippen LogP contribution >= 0.6 is 0 Å². The number of carbonyl (C=O) groups excluding carboxylic acids is 2. The standard InChI is InChI=1S/C29H31N3O4/c1-19-6-3-4-8-25(19)31-29(36)30-24-12-9-21(10-13-24)17-27(33)32-15-5-7-23-18-22(11-14-26(23)32)20(2)16-28(34)35/h3-4,6,8-14,18,20H,5,7,15-17H2,1-2H3,(H,34,35)(H2,30,31,36)/t20-/m1/s1. The number of rotatable bonds is 7. The van der Waals surface area contributed by atoms with E-state index >= 15 is 0 Å². The maximum atomic E-state index is 13.2. The Morgan fingerprint density at radius 3 is 2.47 bits per heavy atom. The molecule has 3 aromatic rings. The summed E-state index contributed by atoms with van der Waals surface area (Å²) in [6, 6.07) is 20.4. The summed E-state index contributed by atoms with van der Waals surface area (Å²) < 4.78 is 0. The molecule has 3 N–H and O–H groups in total. The molecule has 7 heteroatoms. The maximum Gasteiger partial charge on any atom is 0.323 e. The molecule has 36 heavy (non-hydrogen) atoms. The van der Waals surface area contributed by atoms with Gasteiger partial charge in [0.25, 0.3) is 0 Å². The Labute approximate surface area is 211 Å². The minimum atomic E-state index is -0.815. The number of carboxylic acids is 1. The number of nitrogens with one attached hydrogen (secondary N) is 2. The van der Waals surface area contributed by atoms with E-state index in [1.165, 1.54) is 0 Å². The maximum absolute atomic E-state index is 13.2. The predicted octanol–water partition coefficient (Wildman–Crippen LogP) is 5.74. The number of benzene rings is 3. The fraction of sp³-hybridized carbons (Fsp3) is 0.276. The Morgan fingerprint density at radius 1 is 1.00 bits per heavy atom. The SMILES string of the molecule is Cc1ccccc1NC(=O)Nc1ccc(CC(=O)N2CCCc3cc([C@H](C)CC(=O)O)ccc32)cc1. The number of carbonyl (C=O) groups is 3. The van der Waals surface area contributed by atoms with Gasteiger partial charge in [0.1, 0.15) is 0 Å². The van der Waals surface area contributed by atoms with Gasteiger partial charge in [0, 0.05) is 23.6 Å². The summed E-state index contributed by atoms with van der Waals surface area (Å²) >= 11 is 0. The van der Waals surface area contributed by atoms with E-state index in [0.717, 1.165) is 46.5 Å².